The highest BCUT2D eigenvalue weighted by molar-refractivity contribution is 14.1. The van der Waals surface area contributed by atoms with Crippen LogP contribution < -0.4 is 5.32 Å². The average molecular weight is 268 g/mol. The third kappa shape index (κ3) is 1.30. The van der Waals surface area contributed by atoms with E-state index in [1.165, 1.54) is 6.42 Å². The molecule has 4 heteroatoms. The minimum atomic E-state index is 0.310. The van der Waals surface area contributed by atoms with Crippen LogP contribution >= 0.6 is 22.9 Å². The van der Waals surface area contributed by atoms with E-state index in [1.807, 2.05) is 0 Å². The molecule has 11 heavy (non-hydrogen) atoms. The summed E-state index contributed by atoms with van der Waals surface area (Å²) in [5.41, 5.74) is 0.509. The largest absolute Gasteiger partial charge is 0.395 e. The van der Waals surface area contributed by atoms with Gasteiger partial charge in [-0.3, -0.25) is 0 Å². The quantitative estimate of drug-likeness (QED) is 0.519. The van der Waals surface area contributed by atoms with Gasteiger partial charge in [-0.25, -0.2) is 3.11 Å². The number of hydrogen-bond donors (Lipinski definition) is 2. The predicted octanol–water partition coefficient (Wildman–Crippen LogP) is -0.00740. The van der Waals surface area contributed by atoms with E-state index < -0.39 is 0 Å². The molecule has 64 valence electrons. The first-order valence-electron chi connectivity index (χ1n) is 4.00. The molecular formula is C7H13IN2O. The highest BCUT2D eigenvalue weighted by Gasteiger charge is 2.46. The minimum absolute atomic E-state index is 0.310. The lowest BCUT2D eigenvalue weighted by atomic mass is 9.80. The number of nitrogens with zero attached hydrogens (tertiary/aromatic N) is 1. The fraction of sp³-hybridized carbons (Fsp3) is 1.00. The van der Waals surface area contributed by atoms with Crippen LogP contribution in [-0.4, -0.2) is 40.5 Å². The second-order valence-electron chi connectivity index (χ2n) is 3.70. The van der Waals surface area contributed by atoms with Gasteiger partial charge >= 0.3 is 0 Å². The van der Waals surface area contributed by atoms with Crippen molar-refractivity contribution in [2.24, 2.45) is 5.41 Å². The van der Waals surface area contributed by atoms with E-state index in [0.717, 1.165) is 19.6 Å². The Morgan fingerprint density at radius 3 is 2.64 bits per heavy atom. The van der Waals surface area contributed by atoms with E-state index in [2.05, 4.69) is 31.3 Å². The van der Waals surface area contributed by atoms with Crippen LogP contribution in [-0.2, 0) is 0 Å². The lowest BCUT2D eigenvalue weighted by Crippen LogP contribution is -2.54. The van der Waals surface area contributed by atoms with Crippen molar-refractivity contribution in [1.29, 1.82) is 0 Å². The fourth-order valence-electron chi connectivity index (χ4n) is 2.00. The molecule has 0 aliphatic carbocycles. The summed E-state index contributed by atoms with van der Waals surface area (Å²) in [6, 6.07) is 0.401. The van der Waals surface area contributed by atoms with Gasteiger partial charge in [0.1, 0.15) is 0 Å². The second-order valence-corrected chi connectivity index (χ2v) is 4.94. The van der Waals surface area contributed by atoms with Gasteiger partial charge in [0.05, 0.1) is 6.61 Å². The number of aliphatic hydroxyl groups excluding tert-OH is 1. The summed E-state index contributed by atoms with van der Waals surface area (Å²) in [6.45, 7) is 3.74. The molecule has 2 saturated heterocycles. The normalized spacial score (nSPS) is 36.0. The zero-order chi connectivity index (χ0) is 7.90. The third-order valence-electron chi connectivity index (χ3n) is 2.76. The van der Waals surface area contributed by atoms with Crippen LogP contribution in [0.2, 0.25) is 0 Å². The fourth-order valence-corrected chi connectivity index (χ4v) is 3.10. The molecule has 0 saturated carbocycles. The van der Waals surface area contributed by atoms with Crippen molar-refractivity contribution in [3.63, 3.8) is 0 Å². The van der Waals surface area contributed by atoms with Crippen LogP contribution in [0.4, 0.5) is 0 Å². The van der Waals surface area contributed by atoms with Crippen LogP contribution in [0, 0.1) is 5.41 Å². The minimum Gasteiger partial charge on any atom is -0.395 e. The van der Waals surface area contributed by atoms with Crippen molar-refractivity contribution in [2.45, 2.75) is 12.5 Å². The molecule has 1 unspecified atom stereocenters. The van der Waals surface area contributed by atoms with E-state index in [9.17, 15) is 0 Å². The van der Waals surface area contributed by atoms with Crippen molar-refractivity contribution < 1.29 is 5.11 Å². The molecular weight excluding hydrogens is 255 g/mol. The molecule has 2 N–H and O–H groups in total. The molecule has 2 fully saturated rings. The van der Waals surface area contributed by atoms with E-state index >= 15 is 0 Å². The average Bonchev–Trinajstić information content (AvgIpc) is 2.26. The van der Waals surface area contributed by atoms with Crippen LogP contribution in [0.25, 0.3) is 0 Å². The third-order valence-corrected chi connectivity index (χ3v) is 3.89. The van der Waals surface area contributed by atoms with Crippen LogP contribution in [0.3, 0.4) is 0 Å². The zero-order valence-electron chi connectivity index (χ0n) is 6.39. The van der Waals surface area contributed by atoms with Gasteiger partial charge in [-0.2, -0.15) is 0 Å². The molecule has 2 aliphatic heterocycles. The van der Waals surface area contributed by atoms with Gasteiger partial charge in [0, 0.05) is 54.0 Å². The Hall–Kier alpha value is 0.610. The molecule has 2 aliphatic rings. The van der Waals surface area contributed by atoms with Gasteiger partial charge in [-0.15, -0.1) is 0 Å². The summed E-state index contributed by atoms with van der Waals surface area (Å²) in [5, 5.41) is 12.3. The number of aliphatic hydroxyl groups is 1. The summed E-state index contributed by atoms with van der Waals surface area (Å²) < 4.78 is 2.25. The maximum absolute atomic E-state index is 9.02. The van der Waals surface area contributed by atoms with Crippen LogP contribution in [0.15, 0.2) is 0 Å². The Kier molecular flexibility index (Phi) is 2.11. The molecule has 1 spiro atoms. The van der Waals surface area contributed by atoms with Gasteiger partial charge < -0.3 is 10.4 Å². The number of hydrogen-bond acceptors (Lipinski definition) is 3. The SMILES string of the molecule is OCC1CC2(CNC2)CN1I. The topological polar surface area (TPSA) is 35.5 Å². The summed E-state index contributed by atoms with van der Waals surface area (Å²) in [7, 11) is 0. The van der Waals surface area contributed by atoms with Crippen LogP contribution in [0.1, 0.15) is 6.42 Å². The summed E-state index contributed by atoms with van der Waals surface area (Å²) >= 11 is 2.32. The van der Waals surface area contributed by atoms with E-state index in [-0.39, 0.29) is 0 Å². The Balaban J connectivity index is 1.99. The monoisotopic (exact) mass is 268 g/mol. The molecule has 3 nitrogen and oxygen atoms in total. The first kappa shape index (κ1) is 8.22. The Labute approximate surface area is 80.6 Å². The first-order valence-corrected chi connectivity index (χ1v) is 4.96. The maximum Gasteiger partial charge on any atom is 0.0595 e. The first-order chi connectivity index (χ1) is 5.26. The number of nitrogens with one attached hydrogen (secondary N) is 1. The second kappa shape index (κ2) is 2.83. The molecule has 2 rings (SSSR count). The Morgan fingerprint density at radius 1 is 1.64 bits per heavy atom. The Bertz CT molecular complexity index is 161. The van der Waals surface area contributed by atoms with E-state index in [1.54, 1.807) is 0 Å². The Morgan fingerprint density at radius 2 is 2.36 bits per heavy atom. The smallest absolute Gasteiger partial charge is 0.0595 e. The molecule has 1 atom stereocenters. The maximum atomic E-state index is 9.02. The van der Waals surface area contributed by atoms with Gasteiger partial charge in [0.15, 0.2) is 0 Å². The molecule has 0 bridgehead atoms. The van der Waals surface area contributed by atoms with Crippen LogP contribution in [0.5, 0.6) is 0 Å². The molecule has 0 aromatic heterocycles. The molecule has 2 heterocycles. The molecule has 0 radical (unpaired) electrons. The highest BCUT2D eigenvalue weighted by Crippen LogP contribution is 2.39. The van der Waals surface area contributed by atoms with E-state index in [0.29, 0.717) is 18.1 Å². The van der Waals surface area contributed by atoms with E-state index in [4.69, 9.17) is 5.11 Å². The lowest BCUT2D eigenvalue weighted by Gasteiger charge is -2.38. The molecule has 0 amide bonds. The summed E-state index contributed by atoms with van der Waals surface area (Å²) in [5.74, 6) is 0. The predicted molar refractivity (Wildman–Crippen MR) is 51.5 cm³/mol. The van der Waals surface area contributed by atoms with Gasteiger partial charge in [-0.1, -0.05) is 0 Å². The zero-order valence-corrected chi connectivity index (χ0v) is 8.54. The van der Waals surface area contributed by atoms with Crippen molar-refractivity contribution in [3.8, 4) is 0 Å². The molecule has 0 aromatic carbocycles. The summed E-state index contributed by atoms with van der Waals surface area (Å²) in [6.07, 6.45) is 1.17. The summed E-state index contributed by atoms with van der Waals surface area (Å²) in [4.78, 5) is 0. The van der Waals surface area contributed by atoms with Crippen molar-refractivity contribution in [3.05, 3.63) is 0 Å². The van der Waals surface area contributed by atoms with Crippen molar-refractivity contribution in [1.82, 2.24) is 8.43 Å². The van der Waals surface area contributed by atoms with Gasteiger partial charge in [-0.05, 0) is 6.42 Å². The number of rotatable bonds is 1. The number of halogens is 1. The van der Waals surface area contributed by atoms with Gasteiger partial charge in [0.25, 0.3) is 0 Å². The van der Waals surface area contributed by atoms with Gasteiger partial charge in [0.2, 0.25) is 0 Å². The van der Waals surface area contributed by atoms with Crippen molar-refractivity contribution in [2.75, 3.05) is 26.2 Å². The highest BCUT2D eigenvalue weighted by atomic mass is 127. The molecule has 0 aromatic rings. The van der Waals surface area contributed by atoms with Crippen molar-refractivity contribution >= 4 is 22.9 Å². The standard InChI is InChI=1S/C7H13IN2O/c8-10-5-7(3-9-4-7)1-6(10)2-11/h6,9,11H,1-5H2. The lowest BCUT2D eigenvalue weighted by molar-refractivity contribution is 0.180.